The molecule has 0 unspecified atom stereocenters. The molecule has 1 aliphatic rings. The molecule has 1 heterocycles. The van der Waals surface area contributed by atoms with E-state index < -0.39 is 0 Å². The van der Waals surface area contributed by atoms with Gasteiger partial charge >= 0.3 is 0 Å². The highest BCUT2D eigenvalue weighted by Gasteiger charge is 2.19. The van der Waals surface area contributed by atoms with E-state index in [1.54, 1.807) is 18.5 Å². The van der Waals surface area contributed by atoms with Gasteiger partial charge in [0.25, 0.3) is 0 Å². The molecule has 0 saturated carbocycles. The van der Waals surface area contributed by atoms with Crippen LogP contribution in [-0.2, 0) is 0 Å². The lowest BCUT2D eigenvalue weighted by atomic mass is 9.92. The minimum Gasteiger partial charge on any atom is -0.367 e. The molecule has 1 aromatic rings. The molecule has 164 valence electrons. The third-order valence-electron chi connectivity index (χ3n) is 4.72. The Morgan fingerprint density at radius 2 is 1.83 bits per heavy atom. The Morgan fingerprint density at radius 1 is 1.07 bits per heavy atom. The molecule has 0 aromatic heterocycles. The summed E-state index contributed by atoms with van der Waals surface area (Å²) in [5.74, 6) is -0.270. The first kappa shape index (κ1) is 25.4. The van der Waals surface area contributed by atoms with E-state index >= 15 is 0 Å². The van der Waals surface area contributed by atoms with Gasteiger partial charge in [0.2, 0.25) is 0 Å². The molecule has 1 aliphatic heterocycles. The molecular weight excluding hydrogens is 373 g/mol. The first-order valence-corrected chi connectivity index (χ1v) is 10.8. The van der Waals surface area contributed by atoms with Gasteiger partial charge in [0, 0.05) is 28.7 Å². The lowest BCUT2D eigenvalue weighted by Crippen LogP contribution is -2.20. The van der Waals surface area contributed by atoms with Crippen molar-refractivity contribution in [3.8, 4) is 0 Å². The fraction of sp³-hybridized carbons (Fsp3) is 0.385. The Balaban J connectivity index is 0.000000329. The number of hydrogen-bond donors (Lipinski definition) is 2. The van der Waals surface area contributed by atoms with E-state index in [-0.39, 0.29) is 5.82 Å². The van der Waals surface area contributed by atoms with Crippen molar-refractivity contribution in [2.24, 2.45) is 0 Å². The number of halogens is 1. The van der Waals surface area contributed by atoms with Crippen molar-refractivity contribution in [3.05, 3.63) is 84.6 Å². The molecule has 0 fully saturated rings. The summed E-state index contributed by atoms with van der Waals surface area (Å²) in [7, 11) is 2.21. The van der Waals surface area contributed by atoms with E-state index in [0.717, 1.165) is 22.4 Å². The Labute approximate surface area is 182 Å². The first-order chi connectivity index (χ1) is 14.4. The molecule has 2 rings (SSSR count). The summed E-state index contributed by atoms with van der Waals surface area (Å²) in [5.41, 5.74) is 3.95. The Hall–Kier alpha value is -2.59. The minimum atomic E-state index is -0.270. The van der Waals surface area contributed by atoms with Gasteiger partial charge in [-0.05, 0) is 89.6 Å². The summed E-state index contributed by atoms with van der Waals surface area (Å²) < 4.78 is 13.4. The average molecular weight is 412 g/mol. The number of rotatable bonds is 9. The van der Waals surface area contributed by atoms with E-state index in [0.29, 0.717) is 5.70 Å². The van der Waals surface area contributed by atoms with Crippen LogP contribution in [0.15, 0.2) is 67.7 Å². The highest BCUT2D eigenvalue weighted by atomic mass is 19.1. The molecular formula is C26H38FN3. The number of benzene rings is 1. The van der Waals surface area contributed by atoms with E-state index in [9.17, 15) is 4.39 Å². The highest BCUT2D eigenvalue weighted by Crippen LogP contribution is 2.33. The highest BCUT2D eigenvalue weighted by molar-refractivity contribution is 5.91. The van der Waals surface area contributed by atoms with Gasteiger partial charge in [0.1, 0.15) is 5.82 Å². The number of unbranched alkanes of at least 4 members (excludes halogenated alkanes) is 2. The number of nitrogens with zero attached hydrogens (tertiary/aromatic N) is 1. The van der Waals surface area contributed by atoms with E-state index in [1.807, 2.05) is 13.0 Å². The van der Waals surface area contributed by atoms with E-state index in [1.165, 1.54) is 50.9 Å². The van der Waals surface area contributed by atoms with Crippen LogP contribution in [0, 0.1) is 5.82 Å². The van der Waals surface area contributed by atoms with Crippen LogP contribution in [0.25, 0.3) is 11.3 Å². The zero-order chi connectivity index (χ0) is 22.4. The lowest BCUT2D eigenvalue weighted by Gasteiger charge is -2.25. The quantitative estimate of drug-likeness (QED) is 0.361. The van der Waals surface area contributed by atoms with Gasteiger partial charge in [-0.1, -0.05) is 38.3 Å². The first-order valence-electron chi connectivity index (χ1n) is 10.8. The monoisotopic (exact) mass is 411 g/mol. The van der Waals surface area contributed by atoms with Gasteiger partial charge in [-0.3, -0.25) is 0 Å². The van der Waals surface area contributed by atoms with E-state index in [4.69, 9.17) is 0 Å². The van der Waals surface area contributed by atoms with Gasteiger partial charge < -0.3 is 15.5 Å². The molecule has 0 radical (unpaired) electrons. The zero-order valence-electron chi connectivity index (χ0n) is 19.1. The standard InChI is InChI=1S/C15H15FN2.C11H23N/c1-4-7-17-9-15-11(3)18-10(2)13-6-5-12(16)8-14(13)15;1-4-6-7-8-9-11-12(3)10-5-2/h4-9,17-18H,2-3H2,1H3;4,6H,5,7-11H2,1-3H3/b7-4+,15-9+;6-4-. The molecule has 1 aromatic carbocycles. The molecule has 4 heteroatoms. The summed E-state index contributed by atoms with van der Waals surface area (Å²) in [6.45, 7) is 16.6. The van der Waals surface area contributed by atoms with Crippen LogP contribution in [0.2, 0.25) is 0 Å². The molecule has 0 bridgehead atoms. The molecule has 30 heavy (non-hydrogen) atoms. The number of fused-ring (bicyclic) bond motifs is 1. The second-order valence-corrected chi connectivity index (χ2v) is 7.36. The summed E-state index contributed by atoms with van der Waals surface area (Å²) in [4.78, 5) is 2.41. The fourth-order valence-electron chi connectivity index (χ4n) is 3.18. The van der Waals surface area contributed by atoms with Crippen LogP contribution in [0.1, 0.15) is 57.6 Å². The lowest BCUT2D eigenvalue weighted by molar-refractivity contribution is 0.327. The predicted octanol–water partition coefficient (Wildman–Crippen LogP) is 6.45. The maximum Gasteiger partial charge on any atom is 0.123 e. The predicted molar refractivity (Wildman–Crippen MR) is 130 cm³/mol. The van der Waals surface area contributed by atoms with Crippen LogP contribution >= 0.6 is 0 Å². The Morgan fingerprint density at radius 3 is 2.50 bits per heavy atom. The maximum atomic E-state index is 13.4. The zero-order valence-corrected chi connectivity index (χ0v) is 19.1. The summed E-state index contributed by atoms with van der Waals surface area (Å²) >= 11 is 0. The van der Waals surface area contributed by atoms with Crippen molar-refractivity contribution in [2.45, 2.75) is 46.5 Å². The summed E-state index contributed by atoms with van der Waals surface area (Å²) in [6.07, 6.45) is 15.0. The van der Waals surface area contributed by atoms with Crippen molar-refractivity contribution >= 4 is 11.3 Å². The molecule has 0 spiro atoms. The van der Waals surface area contributed by atoms with Crippen molar-refractivity contribution < 1.29 is 4.39 Å². The van der Waals surface area contributed by atoms with E-state index in [2.05, 4.69) is 61.7 Å². The molecule has 2 N–H and O–H groups in total. The summed E-state index contributed by atoms with van der Waals surface area (Å²) in [6, 6.07) is 4.64. The number of hydrogen-bond acceptors (Lipinski definition) is 3. The van der Waals surface area contributed by atoms with Gasteiger partial charge in [0.15, 0.2) is 0 Å². The Kier molecular flexibility index (Phi) is 12.2. The SMILES string of the molecule is C/C=C\CCCCN(C)CCC.C=C1NC(=C)c2ccc(F)cc2/C1=C/N/C=C/C. The third-order valence-corrected chi connectivity index (χ3v) is 4.72. The second-order valence-electron chi connectivity index (χ2n) is 7.36. The van der Waals surface area contributed by atoms with Crippen LogP contribution in [-0.4, -0.2) is 25.0 Å². The molecule has 3 nitrogen and oxygen atoms in total. The van der Waals surface area contributed by atoms with Crippen LogP contribution in [0.5, 0.6) is 0 Å². The smallest absolute Gasteiger partial charge is 0.123 e. The van der Waals surface area contributed by atoms with Crippen LogP contribution in [0.3, 0.4) is 0 Å². The molecule has 0 amide bonds. The third kappa shape index (κ3) is 8.83. The largest absolute Gasteiger partial charge is 0.367 e. The van der Waals surface area contributed by atoms with Crippen LogP contribution in [0.4, 0.5) is 4.39 Å². The normalized spacial score (nSPS) is 14.8. The van der Waals surface area contributed by atoms with Crippen molar-refractivity contribution in [1.82, 2.24) is 15.5 Å². The molecule has 0 saturated heterocycles. The molecule has 0 atom stereocenters. The van der Waals surface area contributed by atoms with Crippen LogP contribution < -0.4 is 10.6 Å². The van der Waals surface area contributed by atoms with Gasteiger partial charge in [-0.2, -0.15) is 0 Å². The van der Waals surface area contributed by atoms with Crippen molar-refractivity contribution in [2.75, 3.05) is 20.1 Å². The number of nitrogens with one attached hydrogen (secondary N) is 2. The fourth-order valence-corrected chi connectivity index (χ4v) is 3.18. The van der Waals surface area contributed by atoms with Crippen molar-refractivity contribution in [1.29, 1.82) is 0 Å². The number of allylic oxidation sites excluding steroid dienone is 4. The van der Waals surface area contributed by atoms with Gasteiger partial charge in [0.05, 0.1) is 0 Å². The average Bonchev–Trinajstić information content (AvgIpc) is 2.71. The van der Waals surface area contributed by atoms with Gasteiger partial charge in [-0.25, -0.2) is 4.39 Å². The Bertz CT molecular complexity index is 774. The summed E-state index contributed by atoms with van der Waals surface area (Å²) in [5, 5.41) is 6.10. The van der Waals surface area contributed by atoms with Crippen molar-refractivity contribution in [3.63, 3.8) is 0 Å². The molecule has 0 aliphatic carbocycles. The second kappa shape index (κ2) is 14.4. The maximum absolute atomic E-state index is 13.4. The van der Waals surface area contributed by atoms with Gasteiger partial charge in [-0.15, -0.1) is 0 Å². The minimum absolute atomic E-state index is 0.270. The topological polar surface area (TPSA) is 27.3 Å².